The second-order valence-corrected chi connectivity index (χ2v) is 9.37. The number of thioether (sulfide) groups is 1. The van der Waals surface area contributed by atoms with Gasteiger partial charge in [-0.2, -0.15) is 11.8 Å². The molecule has 1 aliphatic carbocycles. The lowest BCUT2D eigenvalue weighted by Crippen LogP contribution is -2.35. The molecule has 0 bridgehead atoms. The first kappa shape index (κ1) is 20.9. The molecule has 2 aliphatic rings. The highest BCUT2D eigenvalue weighted by Gasteiger charge is 2.36. The molecule has 2 heterocycles. The van der Waals surface area contributed by atoms with Gasteiger partial charge in [0.25, 0.3) is 5.91 Å². The highest BCUT2D eigenvalue weighted by Crippen LogP contribution is 2.37. The van der Waals surface area contributed by atoms with E-state index in [1.807, 2.05) is 71.3 Å². The Balaban J connectivity index is 1.53. The lowest BCUT2D eigenvalue weighted by molar-refractivity contribution is 0.0727. The van der Waals surface area contributed by atoms with Gasteiger partial charge in [-0.3, -0.25) is 4.79 Å². The molecule has 0 spiro atoms. The van der Waals surface area contributed by atoms with Gasteiger partial charge in [0.15, 0.2) is 0 Å². The molecule has 1 amide bonds. The first-order valence-electron chi connectivity index (χ1n) is 11.1. The maximum absolute atomic E-state index is 13.6. The van der Waals surface area contributed by atoms with Crippen molar-refractivity contribution in [3.8, 4) is 17.0 Å². The van der Waals surface area contributed by atoms with Crippen LogP contribution in [0.1, 0.15) is 28.8 Å². The minimum absolute atomic E-state index is 0.00897. The summed E-state index contributed by atoms with van der Waals surface area (Å²) < 4.78 is 11.4. The van der Waals surface area contributed by atoms with Crippen molar-refractivity contribution in [2.45, 2.75) is 25.4 Å². The zero-order chi connectivity index (χ0) is 21.9. The predicted octanol–water partition coefficient (Wildman–Crippen LogP) is 4.71. The number of carbonyl (C=O) groups excluding carboxylic acids is 1. The molecule has 0 N–H and O–H groups in total. The fourth-order valence-electron chi connectivity index (χ4n) is 4.18. The van der Waals surface area contributed by atoms with Crippen LogP contribution in [0.2, 0.25) is 0 Å². The van der Waals surface area contributed by atoms with E-state index in [1.54, 1.807) is 7.11 Å². The molecular formula is C25H27N3O3S. The van der Waals surface area contributed by atoms with Gasteiger partial charge in [-0.15, -0.1) is 0 Å². The smallest absolute Gasteiger partial charge is 0.258 e. The Kier molecular flexibility index (Phi) is 6.08. The third-order valence-electron chi connectivity index (χ3n) is 6.03. The number of nitrogens with zero attached hydrogens (tertiary/aromatic N) is 3. The Hall–Kier alpha value is -2.93. The summed E-state index contributed by atoms with van der Waals surface area (Å²) in [6.07, 6.45) is 2.03. The van der Waals surface area contributed by atoms with E-state index in [0.717, 1.165) is 60.1 Å². The van der Waals surface area contributed by atoms with E-state index in [2.05, 4.69) is 10.1 Å². The molecule has 2 fully saturated rings. The summed E-state index contributed by atoms with van der Waals surface area (Å²) >= 11 is 1.96. The lowest BCUT2D eigenvalue weighted by atomic mass is 10.1. The normalized spacial score (nSPS) is 16.1. The second-order valence-electron chi connectivity index (χ2n) is 8.14. The molecule has 1 saturated carbocycles. The molecule has 32 heavy (non-hydrogen) atoms. The molecular weight excluding hydrogens is 422 g/mol. The molecule has 0 atom stereocenters. The number of para-hydroxylation sites is 1. The van der Waals surface area contributed by atoms with E-state index in [1.165, 1.54) is 0 Å². The van der Waals surface area contributed by atoms with E-state index in [0.29, 0.717) is 17.9 Å². The quantitative estimate of drug-likeness (QED) is 0.521. The maximum atomic E-state index is 13.6. The van der Waals surface area contributed by atoms with Crippen LogP contribution in [0.4, 0.5) is 5.88 Å². The van der Waals surface area contributed by atoms with Crippen LogP contribution in [0.15, 0.2) is 59.1 Å². The van der Waals surface area contributed by atoms with Crippen LogP contribution >= 0.6 is 11.8 Å². The fourth-order valence-corrected chi connectivity index (χ4v) is 5.08. The number of amides is 1. The van der Waals surface area contributed by atoms with Crippen LogP contribution in [0, 0.1) is 0 Å². The molecule has 1 aromatic heterocycles. The average Bonchev–Trinajstić information content (AvgIpc) is 3.62. The van der Waals surface area contributed by atoms with Gasteiger partial charge in [0.1, 0.15) is 11.4 Å². The Labute approximate surface area is 192 Å². The minimum atomic E-state index is -0.00897. The van der Waals surface area contributed by atoms with Crippen LogP contribution in [0.3, 0.4) is 0 Å². The molecule has 0 radical (unpaired) electrons. The molecule has 7 heteroatoms. The highest BCUT2D eigenvalue weighted by molar-refractivity contribution is 7.99. The summed E-state index contributed by atoms with van der Waals surface area (Å²) in [5.74, 6) is 3.51. The number of rotatable bonds is 7. The molecule has 3 aromatic rings. The standard InChI is InChI=1S/C25H27N3O3S/c1-30-22-10-6-5-9-20(22)24(29)28(19-11-12-19)17-21-23(18-7-3-2-4-8-18)26-31-25(21)27-13-15-32-16-14-27/h2-10,19H,11-17H2,1H3. The second kappa shape index (κ2) is 9.28. The zero-order valence-electron chi connectivity index (χ0n) is 18.2. The van der Waals surface area contributed by atoms with Crippen molar-refractivity contribution in [2.75, 3.05) is 36.6 Å². The number of anilines is 1. The molecule has 166 valence electrons. The van der Waals surface area contributed by atoms with Gasteiger partial charge in [-0.25, -0.2) is 0 Å². The number of methoxy groups -OCH3 is 1. The Bertz CT molecular complexity index is 1080. The van der Waals surface area contributed by atoms with Gasteiger partial charge < -0.3 is 19.1 Å². The number of aromatic nitrogens is 1. The van der Waals surface area contributed by atoms with E-state index in [-0.39, 0.29) is 11.9 Å². The maximum Gasteiger partial charge on any atom is 0.258 e. The Morgan fingerprint density at radius 1 is 1.12 bits per heavy atom. The van der Waals surface area contributed by atoms with Crippen molar-refractivity contribution in [1.82, 2.24) is 10.1 Å². The first-order chi connectivity index (χ1) is 15.8. The van der Waals surface area contributed by atoms with E-state index in [9.17, 15) is 4.79 Å². The van der Waals surface area contributed by atoms with E-state index >= 15 is 0 Å². The number of ether oxygens (including phenoxy) is 1. The average molecular weight is 450 g/mol. The van der Waals surface area contributed by atoms with Crippen molar-refractivity contribution in [2.24, 2.45) is 0 Å². The van der Waals surface area contributed by atoms with Crippen molar-refractivity contribution in [1.29, 1.82) is 0 Å². The third kappa shape index (κ3) is 4.21. The SMILES string of the molecule is COc1ccccc1C(=O)N(Cc1c(-c2ccccc2)noc1N1CCSCC1)C1CC1. The van der Waals surface area contributed by atoms with E-state index in [4.69, 9.17) is 9.26 Å². The molecule has 6 nitrogen and oxygen atoms in total. The first-order valence-corrected chi connectivity index (χ1v) is 12.2. The minimum Gasteiger partial charge on any atom is -0.496 e. The highest BCUT2D eigenvalue weighted by atomic mass is 32.2. The van der Waals surface area contributed by atoms with Crippen LogP contribution in [0.5, 0.6) is 5.75 Å². The van der Waals surface area contributed by atoms with Crippen molar-refractivity contribution < 1.29 is 14.1 Å². The molecule has 1 saturated heterocycles. The van der Waals surface area contributed by atoms with Crippen molar-refractivity contribution in [3.05, 3.63) is 65.7 Å². The summed E-state index contributed by atoms with van der Waals surface area (Å²) in [5, 5.41) is 4.47. The monoisotopic (exact) mass is 449 g/mol. The van der Waals surface area contributed by atoms with Crippen LogP contribution < -0.4 is 9.64 Å². The number of hydrogen-bond acceptors (Lipinski definition) is 6. The van der Waals surface area contributed by atoms with Gasteiger partial charge in [-0.05, 0) is 25.0 Å². The van der Waals surface area contributed by atoms with Crippen LogP contribution in [-0.2, 0) is 6.54 Å². The predicted molar refractivity (Wildman–Crippen MR) is 127 cm³/mol. The van der Waals surface area contributed by atoms with Crippen molar-refractivity contribution >= 4 is 23.6 Å². The number of hydrogen-bond donors (Lipinski definition) is 0. The Morgan fingerprint density at radius 2 is 1.84 bits per heavy atom. The van der Waals surface area contributed by atoms with Crippen LogP contribution in [0.25, 0.3) is 11.3 Å². The number of benzene rings is 2. The van der Waals surface area contributed by atoms with Crippen molar-refractivity contribution in [3.63, 3.8) is 0 Å². The van der Waals surface area contributed by atoms with E-state index < -0.39 is 0 Å². The summed E-state index contributed by atoms with van der Waals surface area (Å²) in [6, 6.07) is 17.8. The fraction of sp³-hybridized carbons (Fsp3) is 0.360. The Morgan fingerprint density at radius 3 is 2.56 bits per heavy atom. The van der Waals surface area contributed by atoms with Gasteiger partial charge >= 0.3 is 0 Å². The van der Waals surface area contributed by atoms with Gasteiger partial charge in [-0.1, -0.05) is 47.6 Å². The van der Waals surface area contributed by atoms with Gasteiger partial charge in [0.2, 0.25) is 5.88 Å². The topological polar surface area (TPSA) is 58.8 Å². The summed E-state index contributed by atoms with van der Waals surface area (Å²) in [6.45, 7) is 2.31. The van der Waals surface area contributed by atoms with Crippen LogP contribution in [-0.4, -0.2) is 53.7 Å². The van der Waals surface area contributed by atoms with Gasteiger partial charge in [0, 0.05) is 36.2 Å². The summed E-state index contributed by atoms with van der Waals surface area (Å²) in [5.41, 5.74) is 3.40. The molecule has 2 aromatic carbocycles. The lowest BCUT2D eigenvalue weighted by Gasteiger charge is -2.28. The third-order valence-corrected chi connectivity index (χ3v) is 6.97. The largest absolute Gasteiger partial charge is 0.496 e. The molecule has 5 rings (SSSR count). The molecule has 1 aliphatic heterocycles. The zero-order valence-corrected chi connectivity index (χ0v) is 19.0. The van der Waals surface area contributed by atoms with Gasteiger partial charge in [0.05, 0.1) is 24.8 Å². The molecule has 0 unspecified atom stereocenters. The summed E-state index contributed by atoms with van der Waals surface area (Å²) in [4.78, 5) is 17.9. The number of carbonyl (C=O) groups is 1. The summed E-state index contributed by atoms with van der Waals surface area (Å²) in [7, 11) is 1.60.